The van der Waals surface area contributed by atoms with Gasteiger partial charge >= 0.3 is 0 Å². The lowest BCUT2D eigenvalue weighted by molar-refractivity contribution is -0.142. The molecule has 0 aliphatic carbocycles. The van der Waals surface area contributed by atoms with Gasteiger partial charge in [-0.05, 0) is 18.8 Å². The number of nitrogens with zero attached hydrogens (tertiary/aromatic N) is 4. The van der Waals surface area contributed by atoms with Crippen molar-refractivity contribution in [1.29, 1.82) is 0 Å². The number of ether oxygens (including phenoxy) is 1. The van der Waals surface area contributed by atoms with Crippen LogP contribution >= 0.6 is 0 Å². The lowest BCUT2D eigenvalue weighted by atomic mass is 10.0. The fourth-order valence-corrected chi connectivity index (χ4v) is 4.11. The van der Waals surface area contributed by atoms with Crippen molar-refractivity contribution in [2.75, 3.05) is 59.5 Å². The number of piperazine rings is 1. The Labute approximate surface area is 176 Å². The van der Waals surface area contributed by atoms with E-state index in [-0.39, 0.29) is 12.0 Å². The molecule has 2 heterocycles. The number of rotatable bonds is 9. The van der Waals surface area contributed by atoms with Crippen molar-refractivity contribution in [3.8, 4) is 0 Å². The van der Waals surface area contributed by atoms with E-state index in [1.54, 1.807) is 0 Å². The molecule has 0 aromatic rings. The number of nitrogens with one attached hydrogen (secondary N) is 1. The number of carbonyl (C=O) groups is 1. The van der Waals surface area contributed by atoms with Gasteiger partial charge in [0.05, 0.1) is 0 Å². The van der Waals surface area contributed by atoms with E-state index in [1.165, 1.54) is 0 Å². The molecular weight excluding hydrogens is 366 g/mol. The fourth-order valence-electron chi connectivity index (χ4n) is 4.11. The molecule has 2 rings (SSSR count). The second-order valence-electron chi connectivity index (χ2n) is 8.08. The standard InChI is InChI=1S/C22H39N5O2/c1-6-10-25(11-7-2)19(18(3)4)17-24-22(23-5)27-14-12-26(13-15-27)21(28)20-9-8-16-29-20/h6-7,18-20H,1-2,8-17H2,3-5H3,(H,23,24). The summed E-state index contributed by atoms with van der Waals surface area (Å²) in [6, 6.07) is 0.352. The monoisotopic (exact) mass is 405 g/mol. The predicted octanol–water partition coefficient (Wildman–Crippen LogP) is 1.58. The molecule has 0 radical (unpaired) electrons. The molecule has 1 N–H and O–H groups in total. The Hall–Kier alpha value is -1.86. The zero-order valence-electron chi connectivity index (χ0n) is 18.5. The van der Waals surface area contributed by atoms with Crippen LogP contribution in [0.1, 0.15) is 26.7 Å². The molecule has 2 unspecified atom stereocenters. The van der Waals surface area contributed by atoms with Crippen LogP contribution in [0.25, 0.3) is 0 Å². The smallest absolute Gasteiger partial charge is 0.251 e. The summed E-state index contributed by atoms with van der Waals surface area (Å²) >= 11 is 0. The first-order chi connectivity index (χ1) is 14.0. The van der Waals surface area contributed by atoms with Gasteiger partial charge in [0.1, 0.15) is 6.10 Å². The number of hydrogen-bond acceptors (Lipinski definition) is 4. The lowest BCUT2D eigenvalue weighted by Gasteiger charge is -2.38. The number of hydrogen-bond donors (Lipinski definition) is 1. The van der Waals surface area contributed by atoms with E-state index in [1.807, 2.05) is 24.1 Å². The van der Waals surface area contributed by atoms with E-state index in [0.717, 1.165) is 51.5 Å². The third kappa shape index (κ3) is 6.57. The van der Waals surface area contributed by atoms with Crippen molar-refractivity contribution in [1.82, 2.24) is 20.0 Å². The van der Waals surface area contributed by atoms with Crippen LogP contribution in [0.5, 0.6) is 0 Å². The van der Waals surface area contributed by atoms with E-state index in [0.29, 0.717) is 31.7 Å². The van der Waals surface area contributed by atoms with Crippen LogP contribution in [0.3, 0.4) is 0 Å². The molecule has 0 spiro atoms. The molecule has 7 nitrogen and oxygen atoms in total. The Kier molecular flexibility index (Phi) is 9.67. The normalized spacial score (nSPS) is 21.6. The van der Waals surface area contributed by atoms with E-state index in [9.17, 15) is 4.79 Å². The predicted molar refractivity (Wildman–Crippen MR) is 119 cm³/mol. The average molecular weight is 406 g/mol. The van der Waals surface area contributed by atoms with Crippen molar-refractivity contribution in [3.05, 3.63) is 25.3 Å². The number of guanidine groups is 1. The zero-order valence-corrected chi connectivity index (χ0v) is 18.5. The molecule has 0 saturated carbocycles. The molecule has 2 atom stereocenters. The zero-order chi connectivity index (χ0) is 21.2. The van der Waals surface area contributed by atoms with Gasteiger partial charge in [-0.2, -0.15) is 0 Å². The highest BCUT2D eigenvalue weighted by molar-refractivity contribution is 5.82. The summed E-state index contributed by atoms with van der Waals surface area (Å²) in [7, 11) is 1.82. The van der Waals surface area contributed by atoms with Crippen LogP contribution in [0, 0.1) is 5.92 Å². The second kappa shape index (κ2) is 12.0. The van der Waals surface area contributed by atoms with Gasteiger partial charge in [0.25, 0.3) is 5.91 Å². The minimum atomic E-state index is -0.230. The minimum Gasteiger partial charge on any atom is -0.368 e. The van der Waals surface area contributed by atoms with Gasteiger partial charge in [-0.1, -0.05) is 26.0 Å². The molecule has 164 valence electrons. The van der Waals surface area contributed by atoms with Gasteiger partial charge in [0, 0.05) is 65.5 Å². The maximum Gasteiger partial charge on any atom is 0.251 e. The number of carbonyl (C=O) groups excluding carboxylic acids is 1. The topological polar surface area (TPSA) is 60.4 Å². The van der Waals surface area contributed by atoms with Crippen LogP contribution in [0.2, 0.25) is 0 Å². The SMILES string of the molecule is C=CCN(CC=C)C(CNC(=NC)N1CCN(C(=O)C2CCCO2)CC1)C(C)C. The van der Waals surface area contributed by atoms with Crippen molar-refractivity contribution in [3.63, 3.8) is 0 Å². The molecule has 2 aliphatic heterocycles. The molecule has 2 saturated heterocycles. The van der Waals surface area contributed by atoms with E-state index < -0.39 is 0 Å². The Bertz CT molecular complexity index is 554. The summed E-state index contributed by atoms with van der Waals surface area (Å²) in [5, 5.41) is 3.55. The summed E-state index contributed by atoms with van der Waals surface area (Å²) in [6.07, 6.45) is 5.49. The molecule has 0 aromatic carbocycles. The molecule has 0 bridgehead atoms. The third-order valence-electron chi connectivity index (χ3n) is 5.74. The van der Waals surface area contributed by atoms with Crippen LogP contribution in [-0.2, 0) is 9.53 Å². The van der Waals surface area contributed by atoms with E-state index in [4.69, 9.17) is 4.74 Å². The minimum absolute atomic E-state index is 0.148. The van der Waals surface area contributed by atoms with Crippen LogP contribution in [0.15, 0.2) is 30.3 Å². The summed E-state index contributed by atoms with van der Waals surface area (Å²) in [4.78, 5) is 23.6. The van der Waals surface area contributed by atoms with E-state index in [2.05, 4.69) is 47.1 Å². The van der Waals surface area contributed by atoms with Crippen molar-refractivity contribution in [2.45, 2.75) is 38.8 Å². The van der Waals surface area contributed by atoms with Gasteiger partial charge < -0.3 is 19.9 Å². The van der Waals surface area contributed by atoms with Gasteiger partial charge in [0.15, 0.2) is 5.96 Å². The quantitative estimate of drug-likeness (QED) is 0.359. The highest BCUT2D eigenvalue weighted by atomic mass is 16.5. The molecular formula is C22H39N5O2. The van der Waals surface area contributed by atoms with Crippen LogP contribution in [-0.4, -0.2) is 98.2 Å². The van der Waals surface area contributed by atoms with E-state index >= 15 is 0 Å². The van der Waals surface area contributed by atoms with Crippen molar-refractivity contribution >= 4 is 11.9 Å². The molecule has 1 amide bonds. The summed E-state index contributed by atoms with van der Waals surface area (Å²) in [5.74, 6) is 1.54. The van der Waals surface area contributed by atoms with Gasteiger partial charge in [-0.15, -0.1) is 13.2 Å². The Morgan fingerprint density at radius 1 is 1.21 bits per heavy atom. The third-order valence-corrected chi connectivity index (χ3v) is 5.74. The first-order valence-corrected chi connectivity index (χ1v) is 10.8. The summed E-state index contributed by atoms with van der Waals surface area (Å²) < 4.78 is 5.55. The van der Waals surface area contributed by atoms with Crippen LogP contribution in [0.4, 0.5) is 0 Å². The highest BCUT2D eigenvalue weighted by Gasteiger charge is 2.31. The van der Waals surface area contributed by atoms with Crippen molar-refractivity contribution < 1.29 is 9.53 Å². The summed E-state index contributed by atoms with van der Waals surface area (Å²) in [6.45, 7) is 18.4. The Balaban J connectivity index is 1.88. The number of aliphatic imine (C=N–C) groups is 1. The Morgan fingerprint density at radius 2 is 1.83 bits per heavy atom. The molecule has 7 heteroatoms. The lowest BCUT2D eigenvalue weighted by Crippen LogP contribution is -2.57. The first kappa shape index (κ1) is 23.4. The van der Waals surface area contributed by atoms with Gasteiger partial charge in [-0.25, -0.2) is 0 Å². The number of amides is 1. The van der Waals surface area contributed by atoms with Crippen molar-refractivity contribution in [2.24, 2.45) is 10.9 Å². The second-order valence-corrected chi connectivity index (χ2v) is 8.08. The largest absolute Gasteiger partial charge is 0.368 e. The highest BCUT2D eigenvalue weighted by Crippen LogP contribution is 2.16. The molecule has 2 aliphatic rings. The molecule has 2 fully saturated rings. The maximum absolute atomic E-state index is 12.5. The molecule has 29 heavy (non-hydrogen) atoms. The van der Waals surface area contributed by atoms with Gasteiger partial charge in [0.2, 0.25) is 0 Å². The molecule has 0 aromatic heterocycles. The fraction of sp³-hybridized carbons (Fsp3) is 0.727. The maximum atomic E-state index is 12.5. The van der Waals surface area contributed by atoms with Crippen LogP contribution < -0.4 is 5.32 Å². The first-order valence-electron chi connectivity index (χ1n) is 10.8. The summed E-state index contributed by atoms with van der Waals surface area (Å²) in [5.41, 5.74) is 0. The van der Waals surface area contributed by atoms with Gasteiger partial charge in [-0.3, -0.25) is 14.7 Å². The average Bonchev–Trinajstić information content (AvgIpc) is 3.25. The Morgan fingerprint density at radius 3 is 2.31 bits per heavy atom.